The molecular weight excluding hydrogens is 246 g/mol. The SMILES string of the molecule is O=c1[nH]c2cc(CO)ccc2c(=O)n1CC(F)F. The molecule has 0 spiro atoms. The van der Waals surface area contributed by atoms with Crippen LogP contribution in [0.15, 0.2) is 27.8 Å². The molecule has 0 aliphatic heterocycles. The van der Waals surface area contributed by atoms with Gasteiger partial charge in [-0.1, -0.05) is 6.07 Å². The number of nitrogens with one attached hydrogen (secondary N) is 1. The van der Waals surface area contributed by atoms with E-state index in [0.29, 0.717) is 10.1 Å². The lowest BCUT2D eigenvalue weighted by Gasteiger charge is -2.06. The molecule has 0 fully saturated rings. The Balaban J connectivity index is 2.71. The number of hydrogen-bond donors (Lipinski definition) is 2. The number of nitrogens with zero attached hydrogens (tertiary/aromatic N) is 1. The second-order valence-corrected chi connectivity index (χ2v) is 3.78. The Morgan fingerprint density at radius 3 is 2.67 bits per heavy atom. The molecule has 0 amide bonds. The number of benzene rings is 1. The molecule has 1 aromatic carbocycles. The summed E-state index contributed by atoms with van der Waals surface area (Å²) in [7, 11) is 0. The number of aliphatic hydroxyl groups excluding tert-OH is 1. The van der Waals surface area contributed by atoms with Crippen LogP contribution in [0.2, 0.25) is 0 Å². The summed E-state index contributed by atoms with van der Waals surface area (Å²) in [4.78, 5) is 25.7. The summed E-state index contributed by atoms with van der Waals surface area (Å²) in [6, 6.07) is 4.32. The Labute approximate surface area is 99.3 Å². The minimum absolute atomic E-state index is 0.132. The fourth-order valence-corrected chi connectivity index (χ4v) is 1.70. The molecule has 7 heteroatoms. The normalized spacial score (nSPS) is 11.3. The first kappa shape index (κ1) is 12.4. The molecule has 0 aliphatic carbocycles. The van der Waals surface area contributed by atoms with Gasteiger partial charge in [-0.25, -0.2) is 13.6 Å². The third kappa shape index (κ3) is 2.17. The average Bonchev–Trinajstić information content (AvgIpc) is 2.33. The highest BCUT2D eigenvalue weighted by atomic mass is 19.3. The number of halogens is 2. The maximum atomic E-state index is 12.3. The second-order valence-electron chi connectivity index (χ2n) is 3.78. The standard InChI is InChI=1S/C11H10F2N2O3/c12-9(13)4-15-10(17)7-2-1-6(5-16)3-8(7)14-11(15)18/h1-3,9,16H,4-5H2,(H,14,18). The van der Waals surface area contributed by atoms with Gasteiger partial charge in [-0.2, -0.15) is 0 Å². The number of H-pyrrole nitrogens is 1. The minimum atomic E-state index is -2.78. The highest BCUT2D eigenvalue weighted by Gasteiger charge is 2.12. The number of fused-ring (bicyclic) bond motifs is 1. The molecule has 2 rings (SSSR count). The first-order chi connectivity index (χ1) is 8.52. The van der Waals surface area contributed by atoms with Gasteiger partial charge in [0.25, 0.3) is 12.0 Å². The second kappa shape index (κ2) is 4.69. The van der Waals surface area contributed by atoms with Gasteiger partial charge in [-0.15, -0.1) is 0 Å². The molecule has 0 radical (unpaired) electrons. The van der Waals surface area contributed by atoms with Crippen LogP contribution >= 0.6 is 0 Å². The Hall–Kier alpha value is -2.02. The zero-order chi connectivity index (χ0) is 13.3. The molecule has 0 atom stereocenters. The molecule has 0 bridgehead atoms. The van der Waals surface area contributed by atoms with Crippen LogP contribution in [0.25, 0.3) is 10.9 Å². The number of rotatable bonds is 3. The molecule has 18 heavy (non-hydrogen) atoms. The molecule has 5 nitrogen and oxygen atoms in total. The zero-order valence-electron chi connectivity index (χ0n) is 9.19. The maximum Gasteiger partial charge on any atom is 0.329 e. The lowest BCUT2D eigenvalue weighted by molar-refractivity contribution is 0.123. The third-order valence-corrected chi connectivity index (χ3v) is 2.55. The predicted molar refractivity (Wildman–Crippen MR) is 60.8 cm³/mol. The Morgan fingerprint density at radius 1 is 1.33 bits per heavy atom. The third-order valence-electron chi connectivity index (χ3n) is 2.55. The first-order valence-corrected chi connectivity index (χ1v) is 5.17. The summed E-state index contributed by atoms with van der Waals surface area (Å²) >= 11 is 0. The molecule has 0 saturated carbocycles. The van der Waals surface area contributed by atoms with Crippen molar-refractivity contribution < 1.29 is 13.9 Å². The van der Waals surface area contributed by atoms with Crippen LogP contribution in [0, 0.1) is 0 Å². The van der Waals surface area contributed by atoms with Crippen LogP contribution in [0.1, 0.15) is 5.56 Å². The van der Waals surface area contributed by atoms with Crippen LogP contribution in [0.4, 0.5) is 8.78 Å². The van der Waals surface area contributed by atoms with E-state index in [2.05, 4.69) is 4.98 Å². The van der Waals surface area contributed by atoms with Crippen LogP contribution in [-0.4, -0.2) is 21.1 Å². The van der Waals surface area contributed by atoms with Gasteiger partial charge in [-0.3, -0.25) is 9.36 Å². The minimum Gasteiger partial charge on any atom is -0.392 e. The number of hydrogen-bond acceptors (Lipinski definition) is 3. The topological polar surface area (TPSA) is 75.1 Å². The van der Waals surface area contributed by atoms with Gasteiger partial charge >= 0.3 is 5.69 Å². The predicted octanol–water partition coefficient (Wildman–Crippen LogP) is 0.447. The Morgan fingerprint density at radius 2 is 2.06 bits per heavy atom. The largest absolute Gasteiger partial charge is 0.392 e. The van der Waals surface area contributed by atoms with Gasteiger partial charge in [0, 0.05) is 0 Å². The molecule has 0 saturated heterocycles. The number of aromatic nitrogens is 2. The van der Waals surface area contributed by atoms with Gasteiger partial charge in [0.05, 0.1) is 24.1 Å². The molecule has 2 aromatic rings. The summed E-state index contributed by atoms with van der Waals surface area (Å²) < 4.78 is 25.0. The molecule has 1 aromatic heterocycles. The zero-order valence-corrected chi connectivity index (χ0v) is 9.19. The summed E-state index contributed by atoms with van der Waals surface area (Å²) in [6.45, 7) is -1.18. The van der Waals surface area contributed by atoms with Gasteiger partial charge in [0.2, 0.25) is 0 Å². The Kier molecular flexibility index (Phi) is 3.24. The fraction of sp³-hybridized carbons (Fsp3) is 0.273. The fourth-order valence-electron chi connectivity index (χ4n) is 1.70. The van der Waals surface area contributed by atoms with Crippen molar-refractivity contribution in [2.75, 3.05) is 0 Å². The number of aliphatic hydroxyl groups is 1. The first-order valence-electron chi connectivity index (χ1n) is 5.17. The van der Waals surface area contributed by atoms with Crippen molar-refractivity contribution in [2.24, 2.45) is 0 Å². The van der Waals surface area contributed by atoms with Gasteiger partial charge < -0.3 is 10.1 Å². The van der Waals surface area contributed by atoms with Crippen LogP contribution < -0.4 is 11.2 Å². The van der Waals surface area contributed by atoms with Crippen molar-refractivity contribution in [3.8, 4) is 0 Å². The van der Waals surface area contributed by atoms with Crippen LogP contribution in [-0.2, 0) is 13.2 Å². The summed E-state index contributed by atoms with van der Waals surface area (Å²) in [6.07, 6.45) is -2.78. The summed E-state index contributed by atoms with van der Waals surface area (Å²) in [5.74, 6) is 0. The lowest BCUT2D eigenvalue weighted by Crippen LogP contribution is -2.36. The van der Waals surface area contributed by atoms with E-state index in [-0.39, 0.29) is 17.5 Å². The number of alkyl halides is 2. The van der Waals surface area contributed by atoms with Gasteiger partial charge in [-0.05, 0) is 17.7 Å². The van der Waals surface area contributed by atoms with E-state index < -0.39 is 24.2 Å². The summed E-state index contributed by atoms with van der Waals surface area (Å²) in [5, 5.41) is 9.07. The molecule has 96 valence electrons. The lowest BCUT2D eigenvalue weighted by atomic mass is 10.1. The van der Waals surface area contributed by atoms with E-state index in [4.69, 9.17) is 5.11 Å². The quantitative estimate of drug-likeness (QED) is 0.837. The molecule has 1 heterocycles. The van der Waals surface area contributed by atoms with Gasteiger partial charge in [0.15, 0.2) is 0 Å². The van der Waals surface area contributed by atoms with E-state index in [0.717, 1.165) is 0 Å². The summed E-state index contributed by atoms with van der Waals surface area (Å²) in [5.41, 5.74) is -0.910. The molecule has 0 aliphatic rings. The van der Waals surface area contributed by atoms with E-state index in [1.54, 1.807) is 0 Å². The van der Waals surface area contributed by atoms with E-state index in [1.807, 2.05) is 0 Å². The number of aromatic amines is 1. The maximum absolute atomic E-state index is 12.3. The molecular formula is C11H10F2N2O3. The van der Waals surface area contributed by atoms with Crippen molar-refractivity contribution in [3.05, 3.63) is 44.6 Å². The average molecular weight is 256 g/mol. The van der Waals surface area contributed by atoms with Crippen molar-refractivity contribution in [3.63, 3.8) is 0 Å². The smallest absolute Gasteiger partial charge is 0.329 e. The molecule has 2 N–H and O–H groups in total. The molecule has 0 unspecified atom stereocenters. The van der Waals surface area contributed by atoms with Crippen LogP contribution in [0.3, 0.4) is 0 Å². The van der Waals surface area contributed by atoms with E-state index in [9.17, 15) is 18.4 Å². The van der Waals surface area contributed by atoms with Gasteiger partial charge in [0.1, 0.15) is 0 Å². The highest BCUT2D eigenvalue weighted by Crippen LogP contribution is 2.09. The van der Waals surface area contributed by atoms with E-state index >= 15 is 0 Å². The van der Waals surface area contributed by atoms with Crippen molar-refractivity contribution in [1.82, 2.24) is 9.55 Å². The van der Waals surface area contributed by atoms with Crippen molar-refractivity contribution in [2.45, 2.75) is 19.6 Å². The highest BCUT2D eigenvalue weighted by molar-refractivity contribution is 5.77. The van der Waals surface area contributed by atoms with Crippen LogP contribution in [0.5, 0.6) is 0 Å². The Bertz CT molecular complexity index is 691. The van der Waals surface area contributed by atoms with E-state index in [1.165, 1.54) is 18.2 Å². The van der Waals surface area contributed by atoms with Crippen molar-refractivity contribution >= 4 is 10.9 Å². The van der Waals surface area contributed by atoms with Crippen molar-refractivity contribution in [1.29, 1.82) is 0 Å². The monoisotopic (exact) mass is 256 g/mol.